The third kappa shape index (κ3) is 29.3. The van der Waals surface area contributed by atoms with Gasteiger partial charge in [0, 0.05) is 17.9 Å². The van der Waals surface area contributed by atoms with E-state index in [4.69, 9.17) is 0 Å². The van der Waals surface area contributed by atoms with Gasteiger partial charge in [-0.05, 0) is 63.2 Å². The molecular weight excluding hydrogens is 557 g/mol. The van der Waals surface area contributed by atoms with Gasteiger partial charge in [0.2, 0.25) is 0 Å². The summed E-state index contributed by atoms with van der Waals surface area (Å²) in [4.78, 5) is 31.0. The van der Waals surface area contributed by atoms with Gasteiger partial charge in [0.15, 0.2) is 0 Å². The first kappa shape index (κ1) is 43.8. The minimum atomic E-state index is -0.893. The molecule has 0 aliphatic carbocycles. The number of aryl methyl sites for hydroxylation is 1. The zero-order valence-electron chi connectivity index (χ0n) is 25.1. The second kappa shape index (κ2) is 31.9. The number of aliphatic carboxylic acids is 3. The molecule has 0 aliphatic rings. The van der Waals surface area contributed by atoms with E-state index in [1.54, 1.807) is 0 Å². The van der Waals surface area contributed by atoms with Crippen molar-refractivity contribution in [1.29, 1.82) is 0 Å². The molecule has 0 spiro atoms. The smallest absolute Gasteiger partial charge is 0.550 e. The first-order valence-corrected chi connectivity index (χ1v) is 14.2. The van der Waals surface area contributed by atoms with Crippen molar-refractivity contribution in [3.63, 3.8) is 0 Å². The number of carboxylic acid groups (broad SMARTS) is 3. The van der Waals surface area contributed by atoms with Crippen molar-refractivity contribution in [2.75, 3.05) is 0 Å². The molecule has 0 fully saturated rings. The molecule has 0 saturated carbocycles. The average molecular weight is 611 g/mol. The van der Waals surface area contributed by atoms with Gasteiger partial charge < -0.3 is 29.7 Å². The Kier molecular flexibility index (Phi) is 36.8. The van der Waals surface area contributed by atoms with E-state index in [1.165, 1.54) is 5.56 Å². The Labute approximate surface area is 258 Å². The zero-order chi connectivity index (χ0) is 29.1. The summed E-state index contributed by atoms with van der Waals surface area (Å²) in [6, 6.07) is 10.3. The van der Waals surface area contributed by atoms with Crippen LogP contribution in [0.25, 0.3) is 0 Å². The number of carbonyl (C=O) groups is 3. The van der Waals surface area contributed by atoms with E-state index < -0.39 is 17.9 Å². The molecule has 1 aromatic rings. The topological polar surface area (TPSA) is 120 Å². The van der Waals surface area contributed by atoms with Crippen molar-refractivity contribution in [1.82, 2.24) is 0 Å². The Bertz CT molecular complexity index is 604. The molecule has 0 aromatic heterocycles. The molecule has 0 heterocycles. The maximum Gasteiger partial charge on any atom is 3.00 e. The number of unbranched alkanes of at least 4 members (excludes halogenated alkanes) is 3. The van der Waals surface area contributed by atoms with Crippen LogP contribution in [0.15, 0.2) is 30.3 Å². The largest absolute Gasteiger partial charge is 3.00 e. The molecule has 1 aromatic carbocycles. The van der Waals surface area contributed by atoms with Gasteiger partial charge in [0.1, 0.15) is 0 Å². The van der Waals surface area contributed by atoms with E-state index >= 15 is 0 Å². The van der Waals surface area contributed by atoms with Crippen LogP contribution in [-0.2, 0) is 47.1 Å². The molecule has 0 amide bonds. The molecule has 38 heavy (non-hydrogen) atoms. The van der Waals surface area contributed by atoms with Crippen molar-refractivity contribution in [3.05, 3.63) is 35.9 Å². The molecule has 3 atom stereocenters. The summed E-state index contributed by atoms with van der Waals surface area (Å²) in [5.41, 5.74) is 1.32. The summed E-state index contributed by atoms with van der Waals surface area (Å²) < 4.78 is 0. The number of carboxylic acids is 3. The molecule has 7 heteroatoms. The Hall–Kier alpha value is -1.27. The fourth-order valence-electron chi connectivity index (χ4n) is 3.35. The second-order valence-electron chi connectivity index (χ2n) is 9.35. The number of benzene rings is 1. The van der Waals surface area contributed by atoms with Gasteiger partial charge in [-0.15, -0.1) is 0 Å². The van der Waals surface area contributed by atoms with E-state index in [0.29, 0.717) is 19.3 Å². The molecule has 1 rings (SSSR count). The van der Waals surface area contributed by atoms with Crippen LogP contribution in [-0.4, -0.2) is 17.9 Å². The van der Waals surface area contributed by atoms with E-state index in [0.717, 1.165) is 57.8 Å². The van der Waals surface area contributed by atoms with Crippen molar-refractivity contribution in [3.8, 4) is 0 Å². The number of rotatable bonds is 15. The number of hydrogen-bond donors (Lipinski definition) is 0. The van der Waals surface area contributed by atoms with Crippen LogP contribution in [0.1, 0.15) is 124 Å². The fourth-order valence-corrected chi connectivity index (χ4v) is 3.35. The average Bonchev–Trinajstić information content (AvgIpc) is 2.86. The van der Waals surface area contributed by atoms with Crippen LogP contribution in [0.3, 0.4) is 0 Å². The fraction of sp³-hybridized carbons (Fsp3) is 0.710. The predicted octanol–water partition coefficient (Wildman–Crippen LogP) is 4.85. The van der Waals surface area contributed by atoms with Crippen molar-refractivity contribution < 1.29 is 62.4 Å². The van der Waals surface area contributed by atoms with E-state index in [9.17, 15) is 29.7 Å². The number of carbonyl (C=O) groups excluding carboxylic acids is 3. The van der Waals surface area contributed by atoms with Gasteiger partial charge in [-0.2, -0.15) is 0 Å². The van der Waals surface area contributed by atoms with Crippen LogP contribution < -0.4 is 15.3 Å². The van der Waals surface area contributed by atoms with Gasteiger partial charge in [0.05, 0.1) is 0 Å². The van der Waals surface area contributed by atoms with Crippen LogP contribution in [0.5, 0.6) is 0 Å². The van der Waals surface area contributed by atoms with Crippen LogP contribution >= 0.6 is 0 Å². The van der Waals surface area contributed by atoms with Crippen LogP contribution in [0.2, 0.25) is 0 Å². The first-order chi connectivity index (χ1) is 17.6. The molecule has 0 radical (unpaired) electrons. The molecule has 3 unspecified atom stereocenters. The summed E-state index contributed by atoms with van der Waals surface area (Å²) in [5.74, 6) is -3.34. The maximum atomic E-state index is 10.3. The summed E-state index contributed by atoms with van der Waals surface area (Å²) in [7, 11) is 0. The van der Waals surface area contributed by atoms with Crippen molar-refractivity contribution in [2.24, 2.45) is 17.8 Å². The Morgan fingerprint density at radius 1 is 0.579 bits per heavy atom. The summed E-state index contributed by atoms with van der Waals surface area (Å²) in [6.45, 7) is 13.9. The van der Waals surface area contributed by atoms with Gasteiger partial charge in [-0.3, -0.25) is 0 Å². The van der Waals surface area contributed by atoms with Crippen molar-refractivity contribution >= 4 is 17.9 Å². The Balaban J connectivity index is -0.000000202. The summed E-state index contributed by atoms with van der Waals surface area (Å²) in [5, 5.41) is 31.0. The normalized spacial score (nSPS) is 11.9. The molecule has 0 aliphatic heterocycles. The van der Waals surface area contributed by atoms with E-state index in [1.807, 2.05) is 39.0 Å². The minimum Gasteiger partial charge on any atom is -0.550 e. The summed E-state index contributed by atoms with van der Waals surface area (Å²) in [6.07, 6.45) is 10.6. The first-order valence-electron chi connectivity index (χ1n) is 14.2. The quantitative estimate of drug-likeness (QED) is 0.280. The van der Waals surface area contributed by atoms with E-state index in [-0.39, 0.29) is 50.5 Å². The van der Waals surface area contributed by atoms with Crippen molar-refractivity contribution in [2.45, 2.75) is 126 Å². The number of hydrogen-bond acceptors (Lipinski definition) is 6. The van der Waals surface area contributed by atoms with Crippen LogP contribution in [0, 0.1) is 24.7 Å². The maximum absolute atomic E-state index is 10.3. The second-order valence-corrected chi connectivity index (χ2v) is 9.35. The molecule has 0 bridgehead atoms. The van der Waals surface area contributed by atoms with E-state index in [2.05, 4.69) is 39.8 Å². The molecule has 216 valence electrons. The molecular formula is C31H53O6Y. The Morgan fingerprint density at radius 2 is 0.842 bits per heavy atom. The van der Waals surface area contributed by atoms with Crippen LogP contribution in [0.4, 0.5) is 0 Å². The monoisotopic (exact) mass is 610 g/mol. The Morgan fingerprint density at radius 3 is 0.974 bits per heavy atom. The van der Waals surface area contributed by atoms with Gasteiger partial charge in [0.25, 0.3) is 0 Å². The summed E-state index contributed by atoms with van der Waals surface area (Å²) >= 11 is 0. The third-order valence-electron chi connectivity index (χ3n) is 6.14. The predicted molar refractivity (Wildman–Crippen MR) is 146 cm³/mol. The standard InChI is InChI=1S/3C8H16O2.C7H8.Y/c3*1-3-5-6-7(4-2)8(9)10;1-7-5-3-2-4-6-7;/h3*7H,3-6H2,1-2H3,(H,9,10);2-6H,1H3;/q;;;;+3/p-3. The molecule has 0 N–H and O–H groups in total. The minimum absolute atomic E-state index is 0. The molecule has 0 saturated heterocycles. The zero-order valence-corrected chi connectivity index (χ0v) is 28.0. The van der Waals surface area contributed by atoms with Gasteiger partial charge in [-0.1, -0.05) is 116 Å². The third-order valence-corrected chi connectivity index (χ3v) is 6.14. The van der Waals surface area contributed by atoms with Gasteiger partial charge >= 0.3 is 32.7 Å². The van der Waals surface area contributed by atoms with Gasteiger partial charge in [-0.25, -0.2) is 0 Å². The SMILES string of the molecule is CCCCC(CC)C(=O)[O-].CCCCC(CC)C(=O)[O-].CCCCC(CC)C(=O)[O-].Cc1ccccc1.[Y+3]. The molecule has 6 nitrogen and oxygen atoms in total.